The van der Waals surface area contributed by atoms with Crippen LogP contribution in [-0.2, 0) is 4.79 Å². The summed E-state index contributed by atoms with van der Waals surface area (Å²) < 4.78 is 0. The summed E-state index contributed by atoms with van der Waals surface area (Å²) in [6, 6.07) is 7.49. The van der Waals surface area contributed by atoms with Crippen molar-refractivity contribution in [3.63, 3.8) is 0 Å². The van der Waals surface area contributed by atoms with Gasteiger partial charge in [0.15, 0.2) is 11.5 Å². The van der Waals surface area contributed by atoms with E-state index < -0.39 is 0 Å². The lowest BCUT2D eigenvalue weighted by atomic mass is 10.0. The van der Waals surface area contributed by atoms with Crippen LogP contribution in [0.15, 0.2) is 46.0 Å². The Morgan fingerprint density at radius 3 is 2.47 bits per heavy atom. The number of allylic oxidation sites excluding steroid dienone is 2. The van der Waals surface area contributed by atoms with Gasteiger partial charge in [0.25, 0.3) is 0 Å². The maximum atomic E-state index is 11.5. The number of benzene rings is 1. The molecule has 4 heteroatoms. The van der Waals surface area contributed by atoms with Gasteiger partial charge in [0.05, 0.1) is 5.69 Å². The van der Waals surface area contributed by atoms with Gasteiger partial charge < -0.3 is 5.11 Å². The van der Waals surface area contributed by atoms with Gasteiger partial charge >= 0.3 is 0 Å². The Morgan fingerprint density at radius 1 is 1.12 bits per heavy atom. The Labute approximate surface area is 99.7 Å². The highest BCUT2D eigenvalue weighted by Crippen LogP contribution is 2.23. The van der Waals surface area contributed by atoms with Crippen LogP contribution in [0.1, 0.15) is 24.8 Å². The monoisotopic (exact) mass is 230 g/mol. The topological polar surface area (TPSA) is 62.0 Å². The minimum atomic E-state index is -0.135. The number of aryl methyl sites for hydroxylation is 1. The molecule has 1 aromatic carbocycles. The van der Waals surface area contributed by atoms with Crippen LogP contribution in [0.4, 0.5) is 5.69 Å². The van der Waals surface area contributed by atoms with Crippen molar-refractivity contribution in [3.8, 4) is 0 Å². The van der Waals surface area contributed by atoms with Gasteiger partial charge in [-0.15, -0.1) is 5.11 Å². The lowest BCUT2D eigenvalue weighted by Gasteiger charge is -2.09. The molecule has 0 fully saturated rings. The number of hydrogen-bond acceptors (Lipinski definition) is 4. The van der Waals surface area contributed by atoms with Crippen molar-refractivity contribution in [1.82, 2.24) is 0 Å². The van der Waals surface area contributed by atoms with Crippen molar-refractivity contribution in [3.05, 3.63) is 41.3 Å². The Kier molecular flexibility index (Phi) is 3.32. The SMILES string of the molecule is Cc1ccc(N=NC2=C(O)CCCC2=O)cc1. The molecule has 1 aromatic rings. The van der Waals surface area contributed by atoms with Crippen molar-refractivity contribution in [1.29, 1.82) is 0 Å². The molecule has 0 heterocycles. The molecule has 88 valence electrons. The highest BCUT2D eigenvalue weighted by molar-refractivity contribution is 5.96. The van der Waals surface area contributed by atoms with Gasteiger partial charge in [0, 0.05) is 12.8 Å². The predicted octanol–water partition coefficient (Wildman–Crippen LogP) is 3.60. The fourth-order valence-corrected chi connectivity index (χ4v) is 1.65. The molecule has 1 aliphatic carbocycles. The Morgan fingerprint density at radius 2 is 1.82 bits per heavy atom. The van der Waals surface area contributed by atoms with Crippen LogP contribution in [-0.4, -0.2) is 10.9 Å². The van der Waals surface area contributed by atoms with E-state index >= 15 is 0 Å². The van der Waals surface area contributed by atoms with Gasteiger partial charge in [0.2, 0.25) is 0 Å². The van der Waals surface area contributed by atoms with E-state index in [0.717, 1.165) is 5.56 Å². The average molecular weight is 230 g/mol. The summed E-state index contributed by atoms with van der Waals surface area (Å²) in [5, 5.41) is 17.4. The van der Waals surface area contributed by atoms with Crippen LogP contribution in [0.5, 0.6) is 0 Å². The van der Waals surface area contributed by atoms with Crippen LogP contribution in [0.3, 0.4) is 0 Å². The lowest BCUT2D eigenvalue weighted by molar-refractivity contribution is -0.116. The summed E-state index contributed by atoms with van der Waals surface area (Å²) in [6.07, 6.45) is 1.63. The maximum absolute atomic E-state index is 11.5. The van der Waals surface area contributed by atoms with E-state index in [1.807, 2.05) is 31.2 Å². The zero-order valence-corrected chi connectivity index (χ0v) is 9.68. The molecule has 0 saturated carbocycles. The summed E-state index contributed by atoms with van der Waals surface area (Å²) in [6.45, 7) is 1.99. The average Bonchev–Trinajstić information content (AvgIpc) is 2.31. The van der Waals surface area contributed by atoms with Gasteiger partial charge in [-0.05, 0) is 25.5 Å². The van der Waals surface area contributed by atoms with E-state index in [-0.39, 0.29) is 17.2 Å². The van der Waals surface area contributed by atoms with Crippen LogP contribution in [0, 0.1) is 6.92 Å². The van der Waals surface area contributed by atoms with E-state index in [0.29, 0.717) is 24.9 Å². The summed E-state index contributed by atoms with van der Waals surface area (Å²) >= 11 is 0. The van der Waals surface area contributed by atoms with Gasteiger partial charge in [-0.1, -0.05) is 17.7 Å². The third-order valence-corrected chi connectivity index (χ3v) is 2.65. The molecular weight excluding hydrogens is 216 g/mol. The number of carbonyl (C=O) groups excluding carboxylic acids is 1. The smallest absolute Gasteiger partial charge is 0.186 e. The van der Waals surface area contributed by atoms with Crippen LogP contribution in [0.2, 0.25) is 0 Å². The van der Waals surface area contributed by atoms with Gasteiger partial charge in [-0.3, -0.25) is 4.79 Å². The van der Waals surface area contributed by atoms with Crippen LogP contribution < -0.4 is 0 Å². The van der Waals surface area contributed by atoms with Crippen LogP contribution >= 0.6 is 0 Å². The highest BCUT2D eigenvalue weighted by Gasteiger charge is 2.19. The zero-order valence-electron chi connectivity index (χ0n) is 9.68. The van der Waals surface area contributed by atoms with Crippen molar-refractivity contribution in [2.75, 3.05) is 0 Å². The van der Waals surface area contributed by atoms with E-state index in [2.05, 4.69) is 10.2 Å². The molecule has 0 aromatic heterocycles. The first-order chi connectivity index (χ1) is 8.16. The number of Topliss-reactive ketones (excluding diaryl/α,β-unsaturated/α-hetero) is 1. The second kappa shape index (κ2) is 4.91. The minimum Gasteiger partial charge on any atom is -0.510 e. The lowest BCUT2D eigenvalue weighted by Crippen LogP contribution is -2.09. The first kappa shape index (κ1) is 11.5. The number of aliphatic hydroxyl groups excluding tert-OH is 1. The molecule has 0 spiro atoms. The minimum absolute atomic E-state index is 0.0529. The maximum Gasteiger partial charge on any atom is 0.186 e. The fraction of sp³-hybridized carbons (Fsp3) is 0.308. The molecular formula is C13H14N2O2. The first-order valence-electron chi connectivity index (χ1n) is 5.60. The number of nitrogens with zero attached hydrogens (tertiary/aromatic N) is 2. The number of hydrogen-bond donors (Lipinski definition) is 1. The molecule has 2 rings (SSSR count). The number of aliphatic hydroxyl groups is 1. The molecule has 0 bridgehead atoms. The highest BCUT2D eigenvalue weighted by atomic mass is 16.3. The van der Waals surface area contributed by atoms with E-state index in [4.69, 9.17) is 0 Å². The molecule has 17 heavy (non-hydrogen) atoms. The molecule has 0 radical (unpaired) electrons. The van der Waals surface area contributed by atoms with Gasteiger partial charge in [-0.25, -0.2) is 0 Å². The molecule has 0 amide bonds. The third-order valence-electron chi connectivity index (χ3n) is 2.65. The zero-order chi connectivity index (χ0) is 12.3. The van der Waals surface area contributed by atoms with E-state index in [1.54, 1.807) is 0 Å². The fourth-order valence-electron chi connectivity index (χ4n) is 1.65. The standard InChI is InChI=1S/C13H14N2O2/c1-9-5-7-10(8-6-9)14-15-13-11(16)3-2-4-12(13)17/h5-8,16H,2-4H2,1H3. The molecule has 0 unspecified atom stereocenters. The van der Waals surface area contributed by atoms with Crippen LogP contribution in [0.25, 0.3) is 0 Å². The predicted molar refractivity (Wildman–Crippen MR) is 64.2 cm³/mol. The number of rotatable bonds is 2. The molecule has 0 saturated heterocycles. The molecule has 4 nitrogen and oxygen atoms in total. The summed E-state index contributed by atoms with van der Waals surface area (Å²) in [5.74, 6) is -0.0817. The normalized spacial score (nSPS) is 16.9. The largest absolute Gasteiger partial charge is 0.510 e. The third kappa shape index (κ3) is 2.78. The molecule has 0 aliphatic heterocycles. The first-order valence-corrected chi connectivity index (χ1v) is 5.60. The Balaban J connectivity index is 2.20. The van der Waals surface area contributed by atoms with Crippen molar-refractivity contribution >= 4 is 11.5 Å². The molecule has 0 atom stereocenters. The van der Waals surface area contributed by atoms with Crippen molar-refractivity contribution in [2.24, 2.45) is 10.2 Å². The summed E-state index contributed by atoms with van der Waals surface area (Å²) in [5.41, 5.74) is 1.92. The number of azo groups is 1. The second-order valence-corrected chi connectivity index (χ2v) is 4.11. The Bertz CT molecular complexity index is 487. The molecule has 1 aliphatic rings. The van der Waals surface area contributed by atoms with Gasteiger partial charge in [-0.2, -0.15) is 5.11 Å². The Hall–Kier alpha value is -1.97. The number of carbonyl (C=O) groups is 1. The summed E-state index contributed by atoms with van der Waals surface area (Å²) in [7, 11) is 0. The van der Waals surface area contributed by atoms with Gasteiger partial charge in [0.1, 0.15) is 5.76 Å². The van der Waals surface area contributed by atoms with E-state index in [1.165, 1.54) is 0 Å². The number of ketones is 1. The van der Waals surface area contributed by atoms with Crippen molar-refractivity contribution in [2.45, 2.75) is 26.2 Å². The summed E-state index contributed by atoms with van der Waals surface area (Å²) in [4.78, 5) is 11.5. The quantitative estimate of drug-likeness (QED) is 0.789. The molecule has 1 N–H and O–H groups in total. The second-order valence-electron chi connectivity index (χ2n) is 4.11. The van der Waals surface area contributed by atoms with Crippen molar-refractivity contribution < 1.29 is 9.90 Å². The van der Waals surface area contributed by atoms with E-state index in [9.17, 15) is 9.90 Å².